The molecule has 4 bridgehead atoms. The largest absolute Gasteiger partial charge is 0.351 e. The number of nitrogens with zero attached hydrogens (tertiary/aromatic N) is 6. The lowest BCUT2D eigenvalue weighted by Crippen LogP contribution is -2.36. The van der Waals surface area contributed by atoms with Gasteiger partial charge >= 0.3 is 0 Å². The first kappa shape index (κ1) is 40.9. The standard InChI is InChI=1S/C37H48N10O4S2.ClH/c1-23(2)18-27-35-43-31(22-53-35)34(50)41-28(19-24-8-4-3-5-9-24)36-42-30(21-52-36)33(49)39-15-7-17-46(16-6-10-32(48)40-27)37(51)29-20-47(45-44-29)26-13-11-25(38)12-14-26;/h3-5,8-9,20-23,25-28H,6-7,10-19,38H2,1-2H3,(H,39,49)(H,40,48)(H,41,50);1H/t25?,26?,27?,28-;/m0./s1. The van der Waals surface area contributed by atoms with Gasteiger partial charge in [-0.1, -0.05) is 49.4 Å². The average Bonchev–Trinajstić information content (AvgIpc) is 3.94. The van der Waals surface area contributed by atoms with Gasteiger partial charge in [0.2, 0.25) is 5.91 Å². The summed E-state index contributed by atoms with van der Waals surface area (Å²) in [6, 6.07) is 9.25. The van der Waals surface area contributed by atoms with E-state index in [0.717, 1.165) is 31.2 Å². The van der Waals surface area contributed by atoms with Crippen LogP contribution in [0.3, 0.4) is 0 Å². The normalized spacial score (nSPS) is 22.0. The highest BCUT2D eigenvalue weighted by molar-refractivity contribution is 7.10. The monoisotopic (exact) mass is 796 g/mol. The molecule has 3 aromatic heterocycles. The maximum absolute atomic E-state index is 13.8. The van der Waals surface area contributed by atoms with Gasteiger partial charge in [0.05, 0.1) is 24.3 Å². The maximum atomic E-state index is 13.8. The summed E-state index contributed by atoms with van der Waals surface area (Å²) in [5, 5.41) is 22.3. The Hall–Kier alpha value is -4.25. The highest BCUT2D eigenvalue weighted by Crippen LogP contribution is 2.28. The van der Waals surface area contributed by atoms with E-state index in [2.05, 4.69) is 50.1 Å². The van der Waals surface area contributed by atoms with Crippen molar-refractivity contribution < 1.29 is 19.2 Å². The number of benzene rings is 1. The molecule has 14 nitrogen and oxygen atoms in total. The SMILES string of the molecule is CC(C)CC1NC(=O)CCCN(C(=O)c2cn(C3CCC(N)CC3)nn2)CCCNC(=O)c2csc(n2)[C@H](Cc2ccccc2)NC(=O)c2csc1n2.Cl. The molecular formula is C37H49ClN10O4S2. The van der Waals surface area contributed by atoms with Crippen LogP contribution in [0.5, 0.6) is 0 Å². The molecule has 5 N–H and O–H groups in total. The Labute approximate surface area is 329 Å². The van der Waals surface area contributed by atoms with Crippen molar-refractivity contribution in [2.75, 3.05) is 19.6 Å². The molecule has 1 aliphatic heterocycles. The summed E-state index contributed by atoms with van der Waals surface area (Å²) in [6.07, 6.45) is 7.49. The number of hydrogen-bond donors (Lipinski definition) is 4. The molecule has 1 unspecified atom stereocenters. The van der Waals surface area contributed by atoms with Crippen molar-refractivity contribution in [1.29, 1.82) is 0 Å². The fourth-order valence-electron chi connectivity index (χ4n) is 6.73. The molecule has 1 fully saturated rings. The second kappa shape index (κ2) is 19.4. The number of fused-ring (bicyclic) bond motifs is 4. The van der Waals surface area contributed by atoms with Gasteiger partial charge in [-0.05, 0) is 62.8 Å². The molecule has 1 saturated carbocycles. The molecule has 2 atom stereocenters. The second-order valence-electron chi connectivity index (χ2n) is 14.3. The van der Waals surface area contributed by atoms with Gasteiger partial charge in [-0.3, -0.25) is 19.2 Å². The third-order valence-electron chi connectivity index (χ3n) is 9.59. The predicted molar refractivity (Wildman–Crippen MR) is 210 cm³/mol. The molecule has 2 aliphatic rings. The van der Waals surface area contributed by atoms with Crippen molar-refractivity contribution in [3.8, 4) is 0 Å². The van der Waals surface area contributed by atoms with Gasteiger partial charge in [-0.25, -0.2) is 14.6 Å². The van der Waals surface area contributed by atoms with Crippen LogP contribution in [0.15, 0.2) is 47.3 Å². The Morgan fingerprint density at radius 1 is 0.907 bits per heavy atom. The molecule has 0 radical (unpaired) electrons. The van der Waals surface area contributed by atoms with E-state index in [1.165, 1.54) is 22.7 Å². The molecule has 17 heteroatoms. The highest BCUT2D eigenvalue weighted by atomic mass is 35.5. The number of carbonyl (C=O) groups excluding carboxylic acids is 4. The summed E-state index contributed by atoms with van der Waals surface area (Å²) in [7, 11) is 0. The molecule has 0 spiro atoms. The van der Waals surface area contributed by atoms with Crippen LogP contribution >= 0.6 is 35.1 Å². The summed E-state index contributed by atoms with van der Waals surface area (Å²) in [4.78, 5) is 64.9. The van der Waals surface area contributed by atoms with Crippen LogP contribution in [0.1, 0.15) is 130 Å². The zero-order chi connectivity index (χ0) is 37.3. The number of halogens is 1. The van der Waals surface area contributed by atoms with Crippen LogP contribution in [0.2, 0.25) is 0 Å². The van der Waals surface area contributed by atoms with Crippen molar-refractivity contribution in [1.82, 2.24) is 45.8 Å². The number of hydrogen-bond acceptors (Lipinski definition) is 11. The van der Waals surface area contributed by atoms with Gasteiger partial charge in [-0.2, -0.15) is 0 Å². The number of nitrogens with two attached hydrogens (primary N) is 1. The molecule has 1 aliphatic carbocycles. The van der Waals surface area contributed by atoms with Crippen molar-refractivity contribution in [2.45, 2.75) is 95.8 Å². The van der Waals surface area contributed by atoms with E-state index in [1.54, 1.807) is 26.5 Å². The molecular weight excluding hydrogens is 748 g/mol. The molecule has 4 heterocycles. The number of rotatable bonds is 6. The van der Waals surface area contributed by atoms with Gasteiger partial charge in [0.15, 0.2) is 5.69 Å². The molecule has 1 aromatic carbocycles. The fraction of sp³-hybridized carbons (Fsp3) is 0.514. The first-order valence-corrected chi connectivity index (χ1v) is 20.2. The van der Waals surface area contributed by atoms with E-state index in [0.29, 0.717) is 55.3 Å². The Kier molecular flexibility index (Phi) is 14.7. The number of aromatic nitrogens is 5. The molecule has 0 saturated heterocycles. The van der Waals surface area contributed by atoms with Crippen LogP contribution in [0.4, 0.5) is 0 Å². The third-order valence-corrected chi connectivity index (χ3v) is 11.5. The Morgan fingerprint density at radius 3 is 2.28 bits per heavy atom. The minimum atomic E-state index is -0.505. The Morgan fingerprint density at radius 2 is 1.57 bits per heavy atom. The lowest BCUT2D eigenvalue weighted by atomic mass is 9.92. The molecule has 290 valence electrons. The van der Waals surface area contributed by atoms with Crippen molar-refractivity contribution in [2.24, 2.45) is 11.7 Å². The van der Waals surface area contributed by atoms with E-state index in [4.69, 9.17) is 5.73 Å². The highest BCUT2D eigenvalue weighted by Gasteiger charge is 2.27. The van der Waals surface area contributed by atoms with Crippen LogP contribution in [0.25, 0.3) is 0 Å². The second-order valence-corrected chi connectivity index (χ2v) is 16.0. The van der Waals surface area contributed by atoms with Crippen molar-refractivity contribution in [3.05, 3.63) is 79.9 Å². The van der Waals surface area contributed by atoms with Gasteiger partial charge in [0, 0.05) is 42.9 Å². The lowest BCUT2D eigenvalue weighted by molar-refractivity contribution is -0.122. The quantitative estimate of drug-likeness (QED) is 0.207. The molecule has 4 aromatic rings. The smallest absolute Gasteiger partial charge is 0.276 e. The van der Waals surface area contributed by atoms with Crippen molar-refractivity contribution in [3.63, 3.8) is 0 Å². The average molecular weight is 797 g/mol. The van der Waals surface area contributed by atoms with E-state index in [9.17, 15) is 19.2 Å². The van der Waals surface area contributed by atoms with E-state index in [-0.39, 0.29) is 83.6 Å². The van der Waals surface area contributed by atoms with Crippen LogP contribution < -0.4 is 21.7 Å². The summed E-state index contributed by atoms with van der Waals surface area (Å²) in [5.41, 5.74) is 7.85. The number of carbonyl (C=O) groups is 4. The van der Waals surface area contributed by atoms with Gasteiger partial charge in [0.1, 0.15) is 21.4 Å². The summed E-state index contributed by atoms with van der Waals surface area (Å²) in [6.45, 7) is 5.12. The molecule has 54 heavy (non-hydrogen) atoms. The summed E-state index contributed by atoms with van der Waals surface area (Å²) < 4.78 is 1.77. The topological polar surface area (TPSA) is 190 Å². The van der Waals surface area contributed by atoms with E-state index in [1.807, 2.05) is 30.3 Å². The van der Waals surface area contributed by atoms with E-state index < -0.39 is 6.04 Å². The Bertz CT molecular complexity index is 1860. The van der Waals surface area contributed by atoms with Gasteiger partial charge in [0.25, 0.3) is 17.7 Å². The van der Waals surface area contributed by atoms with Crippen LogP contribution in [0, 0.1) is 5.92 Å². The zero-order valence-corrected chi connectivity index (χ0v) is 33.1. The first-order chi connectivity index (χ1) is 25.6. The van der Waals surface area contributed by atoms with E-state index >= 15 is 0 Å². The molecule has 4 amide bonds. The maximum Gasteiger partial charge on any atom is 0.276 e. The van der Waals surface area contributed by atoms with Crippen LogP contribution in [-0.2, 0) is 11.2 Å². The van der Waals surface area contributed by atoms with Crippen LogP contribution in [-0.4, -0.2) is 79.2 Å². The molecule has 6 rings (SSSR count). The minimum Gasteiger partial charge on any atom is -0.351 e. The predicted octanol–water partition coefficient (Wildman–Crippen LogP) is 5.03. The van der Waals surface area contributed by atoms with Gasteiger partial charge < -0.3 is 26.6 Å². The lowest BCUT2D eigenvalue weighted by Gasteiger charge is -2.25. The number of nitrogens with one attached hydrogen (secondary N) is 3. The summed E-state index contributed by atoms with van der Waals surface area (Å²) >= 11 is 2.64. The zero-order valence-electron chi connectivity index (χ0n) is 30.6. The Balaban J connectivity index is 0.00000561. The third kappa shape index (κ3) is 10.9. The minimum absolute atomic E-state index is 0. The number of amides is 4. The summed E-state index contributed by atoms with van der Waals surface area (Å²) in [5.74, 6) is -0.872. The number of thiazole rings is 2. The first-order valence-electron chi connectivity index (χ1n) is 18.4. The fourth-order valence-corrected chi connectivity index (χ4v) is 8.45. The van der Waals surface area contributed by atoms with Gasteiger partial charge in [-0.15, -0.1) is 40.2 Å². The van der Waals surface area contributed by atoms with Crippen molar-refractivity contribution >= 4 is 58.7 Å².